The predicted molar refractivity (Wildman–Crippen MR) is 134 cm³/mol. The van der Waals surface area contributed by atoms with Crippen LogP contribution in [0.1, 0.15) is 42.9 Å². The number of ether oxygens (including phenoxy) is 4. The number of likely N-dealkylation sites (tertiary alicyclic amines) is 1. The van der Waals surface area contributed by atoms with E-state index in [-0.39, 0.29) is 28.5 Å². The molecule has 2 aromatic rings. The first-order valence-electron chi connectivity index (χ1n) is 13.3. The molecule has 0 radical (unpaired) electrons. The lowest BCUT2D eigenvalue weighted by molar-refractivity contribution is -0.306. The highest BCUT2D eigenvalue weighted by atomic mass is 16.6. The lowest BCUT2D eigenvalue weighted by atomic mass is 9.32. The molecular formula is C30H37NO4. The minimum absolute atomic E-state index is 0.00294. The molecule has 7 atom stereocenters. The number of piperidine rings is 1. The minimum Gasteiger partial charge on any atom is -0.493 e. The first-order chi connectivity index (χ1) is 17.0. The summed E-state index contributed by atoms with van der Waals surface area (Å²) in [4.78, 5) is 2.65. The van der Waals surface area contributed by atoms with Crippen LogP contribution in [0.15, 0.2) is 42.5 Å². The highest BCUT2D eigenvalue weighted by Crippen LogP contribution is 2.78. The van der Waals surface area contributed by atoms with Crippen LogP contribution in [-0.4, -0.2) is 57.1 Å². The molecule has 2 aliphatic heterocycles. The summed E-state index contributed by atoms with van der Waals surface area (Å²) in [6, 6.07) is 15.4. The molecule has 1 saturated heterocycles. The molecule has 0 amide bonds. The monoisotopic (exact) mass is 475 g/mol. The molecular weight excluding hydrogens is 438 g/mol. The van der Waals surface area contributed by atoms with Crippen molar-refractivity contribution < 1.29 is 18.9 Å². The molecule has 4 fully saturated rings. The maximum Gasteiger partial charge on any atom is 0.165 e. The van der Waals surface area contributed by atoms with Crippen molar-refractivity contribution in [2.45, 2.75) is 62.4 Å². The van der Waals surface area contributed by atoms with Crippen molar-refractivity contribution in [2.75, 3.05) is 34.4 Å². The Balaban J connectivity index is 1.36. The Hall–Kier alpha value is -2.08. The van der Waals surface area contributed by atoms with E-state index in [0.717, 1.165) is 37.3 Å². The Labute approximate surface area is 208 Å². The highest BCUT2D eigenvalue weighted by molar-refractivity contribution is 5.63. The van der Waals surface area contributed by atoms with Crippen LogP contribution in [0, 0.1) is 17.3 Å². The number of fused-ring (bicyclic) bond motifs is 2. The van der Waals surface area contributed by atoms with Gasteiger partial charge in [-0.2, -0.15) is 0 Å². The Morgan fingerprint density at radius 1 is 1.06 bits per heavy atom. The smallest absolute Gasteiger partial charge is 0.165 e. The molecule has 2 aromatic carbocycles. The summed E-state index contributed by atoms with van der Waals surface area (Å²) in [5.41, 5.74) is 3.88. The van der Waals surface area contributed by atoms with Gasteiger partial charge in [-0.3, -0.25) is 0 Å². The summed E-state index contributed by atoms with van der Waals surface area (Å²) in [5, 5.41) is 0. The van der Waals surface area contributed by atoms with E-state index in [1.54, 1.807) is 7.11 Å². The van der Waals surface area contributed by atoms with E-state index in [1.807, 2.05) is 7.11 Å². The van der Waals surface area contributed by atoms with Gasteiger partial charge in [0, 0.05) is 35.5 Å². The van der Waals surface area contributed by atoms with Crippen LogP contribution < -0.4 is 9.47 Å². The zero-order valence-electron chi connectivity index (χ0n) is 21.4. The maximum absolute atomic E-state index is 7.08. The highest BCUT2D eigenvalue weighted by Gasteiger charge is 2.82. The quantitative estimate of drug-likeness (QED) is 0.611. The number of methoxy groups -OCH3 is 2. The fourth-order valence-electron chi connectivity index (χ4n) is 9.66. The lowest BCUT2D eigenvalue weighted by Gasteiger charge is -2.76. The topological polar surface area (TPSA) is 40.2 Å². The molecule has 5 nitrogen and oxygen atoms in total. The standard InChI is InChI=1S/C30H37NO4/c1-19-22(18-34-17-20-8-6-5-7-9-20)30(33-4)13-12-28(19)24-16-21-10-11-23(32-3)26-25(21)29(28,27(30)35-26)14-15-31(24)2/h5-11,19,22,24,27H,12-18H2,1-4H3/t19-,22-,24+,27+,28?,29-,30+/m0/s1. The van der Waals surface area contributed by atoms with Gasteiger partial charge in [-0.15, -0.1) is 0 Å². The largest absolute Gasteiger partial charge is 0.493 e. The van der Waals surface area contributed by atoms with E-state index in [0.29, 0.717) is 25.2 Å². The van der Waals surface area contributed by atoms with Crippen molar-refractivity contribution in [1.29, 1.82) is 0 Å². The van der Waals surface area contributed by atoms with Crippen molar-refractivity contribution in [2.24, 2.45) is 17.3 Å². The molecule has 8 rings (SSSR count). The van der Waals surface area contributed by atoms with Crippen molar-refractivity contribution >= 4 is 0 Å². The Bertz CT molecular complexity index is 1150. The van der Waals surface area contributed by atoms with Crippen molar-refractivity contribution in [3.8, 4) is 11.5 Å². The van der Waals surface area contributed by atoms with Gasteiger partial charge < -0.3 is 23.8 Å². The minimum atomic E-state index is -0.364. The van der Waals surface area contributed by atoms with Crippen LogP contribution in [0.25, 0.3) is 0 Å². The van der Waals surface area contributed by atoms with Crippen LogP contribution >= 0.6 is 0 Å². The van der Waals surface area contributed by atoms with Gasteiger partial charge in [0.2, 0.25) is 0 Å². The number of likely N-dealkylation sites (N-methyl/N-ethyl adjacent to an activating group) is 1. The zero-order chi connectivity index (χ0) is 24.0. The Kier molecular flexibility index (Phi) is 4.73. The van der Waals surface area contributed by atoms with E-state index >= 15 is 0 Å². The SMILES string of the molecule is COc1ccc2c3c1O[C@H]1[C@@]4(OC)CCC5([C@@H](C)[C@@H]4COCc4ccccc4)[C@@H](C2)N(C)CC[C@]315. The van der Waals surface area contributed by atoms with Gasteiger partial charge in [-0.05, 0) is 62.4 Å². The first kappa shape index (κ1) is 22.1. The normalized spacial score (nSPS) is 40.3. The van der Waals surface area contributed by atoms with Gasteiger partial charge in [-0.25, -0.2) is 0 Å². The van der Waals surface area contributed by atoms with Gasteiger partial charge in [0.1, 0.15) is 11.7 Å². The van der Waals surface area contributed by atoms with Gasteiger partial charge in [-0.1, -0.05) is 43.3 Å². The van der Waals surface area contributed by atoms with E-state index in [1.165, 1.54) is 23.1 Å². The number of benzene rings is 2. The number of hydrogen-bond donors (Lipinski definition) is 0. The molecule has 3 saturated carbocycles. The second kappa shape index (κ2) is 7.47. The molecule has 2 heterocycles. The molecule has 2 spiro atoms. The number of rotatable bonds is 6. The van der Waals surface area contributed by atoms with Crippen LogP contribution in [-0.2, 0) is 27.9 Å². The number of nitrogens with zero attached hydrogens (tertiary/aromatic N) is 1. The van der Waals surface area contributed by atoms with E-state index < -0.39 is 0 Å². The Morgan fingerprint density at radius 3 is 2.66 bits per heavy atom. The second-order valence-corrected chi connectivity index (χ2v) is 11.6. The van der Waals surface area contributed by atoms with Crippen LogP contribution in [0.5, 0.6) is 11.5 Å². The van der Waals surface area contributed by atoms with Gasteiger partial charge in [0.05, 0.1) is 20.3 Å². The molecule has 0 N–H and O–H groups in total. The molecule has 0 aromatic heterocycles. The van der Waals surface area contributed by atoms with E-state index in [4.69, 9.17) is 18.9 Å². The average Bonchev–Trinajstić information content (AvgIpc) is 3.25. The van der Waals surface area contributed by atoms with Crippen molar-refractivity contribution in [3.05, 3.63) is 59.2 Å². The van der Waals surface area contributed by atoms with Gasteiger partial charge in [0.25, 0.3) is 0 Å². The second-order valence-electron chi connectivity index (χ2n) is 11.6. The fourth-order valence-corrected chi connectivity index (χ4v) is 9.66. The predicted octanol–water partition coefficient (Wildman–Crippen LogP) is 4.60. The third-order valence-electron chi connectivity index (χ3n) is 11.0. The maximum atomic E-state index is 7.08. The molecule has 4 aliphatic carbocycles. The first-order valence-corrected chi connectivity index (χ1v) is 13.3. The third kappa shape index (κ3) is 2.45. The molecule has 5 heteroatoms. The molecule has 1 unspecified atom stereocenters. The summed E-state index contributed by atoms with van der Waals surface area (Å²) in [7, 11) is 6.01. The molecule has 35 heavy (non-hydrogen) atoms. The van der Waals surface area contributed by atoms with E-state index in [2.05, 4.69) is 61.3 Å². The van der Waals surface area contributed by atoms with Crippen LogP contribution in [0.2, 0.25) is 0 Å². The number of hydrogen-bond acceptors (Lipinski definition) is 5. The summed E-state index contributed by atoms with van der Waals surface area (Å²) in [6.45, 7) is 4.92. The summed E-state index contributed by atoms with van der Waals surface area (Å²) >= 11 is 0. The van der Waals surface area contributed by atoms with Crippen LogP contribution in [0.3, 0.4) is 0 Å². The third-order valence-corrected chi connectivity index (χ3v) is 11.0. The summed E-state index contributed by atoms with van der Waals surface area (Å²) in [6.07, 6.45) is 4.40. The summed E-state index contributed by atoms with van der Waals surface area (Å²) < 4.78 is 26.0. The van der Waals surface area contributed by atoms with Crippen molar-refractivity contribution in [3.63, 3.8) is 0 Å². The van der Waals surface area contributed by atoms with Crippen LogP contribution in [0.4, 0.5) is 0 Å². The Morgan fingerprint density at radius 2 is 1.89 bits per heavy atom. The van der Waals surface area contributed by atoms with E-state index in [9.17, 15) is 0 Å². The molecule has 186 valence electrons. The van der Waals surface area contributed by atoms with Gasteiger partial charge in [0.15, 0.2) is 11.5 Å². The summed E-state index contributed by atoms with van der Waals surface area (Å²) in [5.74, 6) is 2.60. The van der Waals surface area contributed by atoms with Gasteiger partial charge >= 0.3 is 0 Å². The fraction of sp³-hybridized carbons (Fsp3) is 0.600. The molecule has 6 aliphatic rings. The average molecular weight is 476 g/mol. The lowest BCUT2D eigenvalue weighted by Crippen LogP contribution is -2.83. The zero-order valence-corrected chi connectivity index (χ0v) is 21.4. The van der Waals surface area contributed by atoms with Crippen molar-refractivity contribution in [1.82, 2.24) is 4.90 Å². The molecule has 4 bridgehead atoms.